The Morgan fingerprint density at radius 1 is 0.833 bits per heavy atom. The second kappa shape index (κ2) is 5.94. The molecule has 18 heavy (non-hydrogen) atoms. The maximum Gasteiger partial charge on any atom is 0.192 e. The minimum Gasteiger partial charge on any atom is -0.352 e. The SMILES string of the molecule is CC(C)(C)NC(=NC1CCCCC1)NC(C)(C)C. The van der Waals surface area contributed by atoms with Crippen molar-refractivity contribution in [2.24, 2.45) is 4.99 Å². The van der Waals surface area contributed by atoms with E-state index in [0.717, 1.165) is 5.96 Å². The van der Waals surface area contributed by atoms with Crippen LogP contribution < -0.4 is 10.6 Å². The Morgan fingerprint density at radius 3 is 1.67 bits per heavy atom. The van der Waals surface area contributed by atoms with Gasteiger partial charge in [0, 0.05) is 11.1 Å². The highest BCUT2D eigenvalue weighted by Gasteiger charge is 2.20. The van der Waals surface area contributed by atoms with Crippen LogP contribution in [0, 0.1) is 0 Å². The number of hydrogen-bond donors (Lipinski definition) is 2. The molecule has 0 aromatic carbocycles. The second-order valence-corrected chi connectivity index (χ2v) is 7.52. The first-order valence-corrected chi connectivity index (χ1v) is 7.30. The van der Waals surface area contributed by atoms with E-state index in [1.165, 1.54) is 32.1 Å². The molecule has 0 heterocycles. The van der Waals surface area contributed by atoms with Gasteiger partial charge in [-0.05, 0) is 54.4 Å². The number of guanidine groups is 1. The normalized spacial score (nSPS) is 18.3. The van der Waals surface area contributed by atoms with Gasteiger partial charge in [-0.1, -0.05) is 19.3 Å². The lowest BCUT2D eigenvalue weighted by Crippen LogP contribution is -2.53. The number of nitrogens with one attached hydrogen (secondary N) is 2. The van der Waals surface area contributed by atoms with Gasteiger partial charge in [-0.15, -0.1) is 0 Å². The molecule has 1 saturated carbocycles. The van der Waals surface area contributed by atoms with E-state index in [2.05, 4.69) is 52.2 Å². The van der Waals surface area contributed by atoms with Crippen molar-refractivity contribution in [3.63, 3.8) is 0 Å². The van der Waals surface area contributed by atoms with Crippen molar-refractivity contribution >= 4 is 5.96 Å². The van der Waals surface area contributed by atoms with Crippen molar-refractivity contribution in [1.29, 1.82) is 0 Å². The van der Waals surface area contributed by atoms with Gasteiger partial charge in [0.1, 0.15) is 0 Å². The van der Waals surface area contributed by atoms with E-state index in [-0.39, 0.29) is 11.1 Å². The van der Waals surface area contributed by atoms with Gasteiger partial charge < -0.3 is 10.6 Å². The Morgan fingerprint density at radius 2 is 1.28 bits per heavy atom. The maximum atomic E-state index is 4.90. The standard InChI is InChI=1S/C15H31N3/c1-14(2,3)17-13(18-15(4,5)6)16-12-10-8-7-9-11-12/h12H,7-11H2,1-6H3,(H2,16,17,18). The summed E-state index contributed by atoms with van der Waals surface area (Å²) in [5.74, 6) is 0.960. The summed E-state index contributed by atoms with van der Waals surface area (Å²) in [6.45, 7) is 13.0. The van der Waals surface area contributed by atoms with Crippen LogP contribution in [0.25, 0.3) is 0 Å². The summed E-state index contributed by atoms with van der Waals surface area (Å²) in [5.41, 5.74) is 0.0947. The lowest BCUT2D eigenvalue weighted by atomic mass is 9.96. The summed E-state index contributed by atoms with van der Waals surface area (Å²) < 4.78 is 0. The van der Waals surface area contributed by atoms with Gasteiger partial charge in [0.15, 0.2) is 5.96 Å². The summed E-state index contributed by atoms with van der Waals surface area (Å²) in [6, 6.07) is 0.499. The van der Waals surface area contributed by atoms with Gasteiger partial charge in [0.2, 0.25) is 0 Å². The molecule has 106 valence electrons. The molecule has 3 nitrogen and oxygen atoms in total. The van der Waals surface area contributed by atoms with Crippen molar-refractivity contribution < 1.29 is 0 Å². The molecule has 0 aromatic heterocycles. The van der Waals surface area contributed by atoms with Gasteiger partial charge in [0.05, 0.1) is 6.04 Å². The highest BCUT2D eigenvalue weighted by Crippen LogP contribution is 2.20. The van der Waals surface area contributed by atoms with E-state index in [4.69, 9.17) is 4.99 Å². The number of aliphatic imine (C=N–C) groups is 1. The predicted octanol–water partition coefficient (Wildman–Crippen LogP) is 3.45. The second-order valence-electron chi connectivity index (χ2n) is 7.52. The van der Waals surface area contributed by atoms with E-state index in [0.29, 0.717) is 6.04 Å². The molecule has 0 aromatic rings. The Kier molecular flexibility index (Phi) is 5.06. The number of nitrogens with zero attached hydrogens (tertiary/aromatic N) is 1. The average molecular weight is 253 g/mol. The molecule has 0 bridgehead atoms. The van der Waals surface area contributed by atoms with Crippen molar-refractivity contribution in [1.82, 2.24) is 10.6 Å². The maximum absolute atomic E-state index is 4.90. The summed E-state index contributed by atoms with van der Waals surface area (Å²) in [7, 11) is 0. The first kappa shape index (κ1) is 15.3. The summed E-state index contributed by atoms with van der Waals surface area (Å²) in [6.07, 6.45) is 6.50. The first-order chi connectivity index (χ1) is 8.16. The molecule has 1 aliphatic carbocycles. The Balaban J connectivity index is 2.71. The van der Waals surface area contributed by atoms with Gasteiger partial charge in [-0.2, -0.15) is 0 Å². The van der Waals surface area contributed by atoms with Crippen LogP contribution in [0.5, 0.6) is 0 Å². The highest BCUT2D eigenvalue weighted by atomic mass is 15.2. The molecule has 0 saturated heterocycles. The van der Waals surface area contributed by atoms with Crippen molar-refractivity contribution in [2.75, 3.05) is 0 Å². The van der Waals surface area contributed by atoms with Crippen LogP contribution in [-0.2, 0) is 0 Å². The molecular formula is C15H31N3. The lowest BCUT2D eigenvalue weighted by molar-refractivity contribution is 0.424. The van der Waals surface area contributed by atoms with E-state index >= 15 is 0 Å². The van der Waals surface area contributed by atoms with Crippen molar-refractivity contribution in [2.45, 2.75) is 90.8 Å². The van der Waals surface area contributed by atoms with Crippen LogP contribution in [0.3, 0.4) is 0 Å². The first-order valence-electron chi connectivity index (χ1n) is 7.30. The van der Waals surface area contributed by atoms with Crippen molar-refractivity contribution in [3.05, 3.63) is 0 Å². The quantitative estimate of drug-likeness (QED) is 0.555. The monoisotopic (exact) mass is 253 g/mol. The van der Waals surface area contributed by atoms with Crippen LogP contribution >= 0.6 is 0 Å². The predicted molar refractivity (Wildman–Crippen MR) is 80.1 cm³/mol. The summed E-state index contributed by atoms with van der Waals surface area (Å²) in [4.78, 5) is 4.90. The third-order valence-corrected chi connectivity index (χ3v) is 2.87. The Bertz CT molecular complexity index is 257. The fourth-order valence-electron chi connectivity index (χ4n) is 2.20. The van der Waals surface area contributed by atoms with Crippen LogP contribution in [-0.4, -0.2) is 23.1 Å². The fraction of sp³-hybridized carbons (Fsp3) is 0.933. The van der Waals surface area contributed by atoms with Crippen molar-refractivity contribution in [3.8, 4) is 0 Å². The lowest BCUT2D eigenvalue weighted by Gasteiger charge is -2.31. The van der Waals surface area contributed by atoms with Gasteiger partial charge in [-0.25, -0.2) is 4.99 Å². The molecular weight excluding hydrogens is 222 g/mol. The minimum absolute atomic E-state index is 0.0474. The smallest absolute Gasteiger partial charge is 0.192 e. The fourth-order valence-corrected chi connectivity index (χ4v) is 2.20. The van der Waals surface area contributed by atoms with E-state index in [9.17, 15) is 0 Å². The molecule has 2 N–H and O–H groups in total. The highest BCUT2D eigenvalue weighted by molar-refractivity contribution is 5.81. The molecule has 1 fully saturated rings. The third-order valence-electron chi connectivity index (χ3n) is 2.87. The number of hydrogen-bond acceptors (Lipinski definition) is 1. The zero-order valence-corrected chi connectivity index (χ0v) is 13.1. The molecule has 1 aliphatic rings. The van der Waals surface area contributed by atoms with Crippen LogP contribution in [0.2, 0.25) is 0 Å². The topological polar surface area (TPSA) is 36.4 Å². The van der Waals surface area contributed by atoms with E-state index in [1.807, 2.05) is 0 Å². The summed E-state index contributed by atoms with van der Waals surface area (Å²) in [5, 5.41) is 7.00. The zero-order valence-electron chi connectivity index (χ0n) is 13.1. The molecule has 0 atom stereocenters. The van der Waals surface area contributed by atoms with E-state index in [1.54, 1.807) is 0 Å². The summed E-state index contributed by atoms with van der Waals surface area (Å²) >= 11 is 0. The molecule has 0 spiro atoms. The van der Waals surface area contributed by atoms with Crippen LogP contribution in [0.1, 0.15) is 73.6 Å². The molecule has 1 rings (SSSR count). The van der Waals surface area contributed by atoms with Gasteiger partial charge in [-0.3, -0.25) is 0 Å². The molecule has 3 heteroatoms. The Labute approximate surface area is 113 Å². The van der Waals surface area contributed by atoms with Crippen LogP contribution in [0.15, 0.2) is 4.99 Å². The third kappa shape index (κ3) is 6.87. The van der Waals surface area contributed by atoms with Gasteiger partial charge in [0.25, 0.3) is 0 Å². The molecule has 0 amide bonds. The average Bonchev–Trinajstić information content (AvgIpc) is 2.13. The largest absolute Gasteiger partial charge is 0.352 e. The Hall–Kier alpha value is -0.730. The number of rotatable bonds is 1. The van der Waals surface area contributed by atoms with Gasteiger partial charge >= 0.3 is 0 Å². The molecule has 0 aliphatic heterocycles. The van der Waals surface area contributed by atoms with Crippen LogP contribution in [0.4, 0.5) is 0 Å². The van der Waals surface area contributed by atoms with E-state index < -0.39 is 0 Å². The molecule has 0 radical (unpaired) electrons. The minimum atomic E-state index is 0.0474. The zero-order chi connectivity index (χ0) is 13.8. The molecule has 0 unspecified atom stereocenters.